The fourth-order valence-electron chi connectivity index (χ4n) is 0.335. The van der Waals surface area contributed by atoms with Crippen molar-refractivity contribution in [2.45, 2.75) is 5.44 Å². The van der Waals surface area contributed by atoms with Crippen molar-refractivity contribution in [1.82, 2.24) is 0 Å². The molecule has 0 aromatic rings. The number of carbonyl (C=O) groups is 1. The maximum Gasteiger partial charge on any atom is 0.331 e. The van der Waals surface area contributed by atoms with Gasteiger partial charge in [0.15, 0.2) is 5.44 Å². The van der Waals surface area contributed by atoms with Gasteiger partial charge in [0.25, 0.3) is 0 Å². The van der Waals surface area contributed by atoms with Crippen molar-refractivity contribution in [3.63, 3.8) is 0 Å². The monoisotopic (exact) mass is 169 g/mol. The number of rotatable bonds is 4. The van der Waals surface area contributed by atoms with E-state index in [2.05, 4.69) is 17.9 Å². The molecule has 0 N–H and O–H groups in total. The Bertz CT molecular complexity index is 207. The van der Waals surface area contributed by atoms with Crippen molar-refractivity contribution in [3.05, 3.63) is 25.3 Å². The molecule has 4 heteroatoms. The van der Waals surface area contributed by atoms with E-state index in [4.69, 9.17) is 5.26 Å². The molecule has 58 valence electrons. The fraction of sp³-hybridized carbons (Fsp3) is 0.143. The second-order valence-corrected chi connectivity index (χ2v) is 2.34. The van der Waals surface area contributed by atoms with E-state index in [1.54, 1.807) is 5.40 Å². The molecular weight excluding hydrogens is 162 g/mol. The Morgan fingerprint density at radius 2 is 2.36 bits per heavy atom. The number of ether oxygens (including phenoxy) is 1. The molecule has 0 fully saturated rings. The molecule has 0 aromatic heterocycles. The number of carbonyl (C=O) groups excluding carboxylic acids is 1. The van der Waals surface area contributed by atoms with Crippen LogP contribution in [0.5, 0.6) is 0 Å². The largest absolute Gasteiger partial charge is 0.443 e. The van der Waals surface area contributed by atoms with Crippen LogP contribution in [0.2, 0.25) is 0 Å². The van der Waals surface area contributed by atoms with Crippen LogP contribution >= 0.6 is 11.8 Å². The third-order valence-corrected chi connectivity index (χ3v) is 1.39. The molecule has 0 aromatic carbocycles. The molecule has 0 bridgehead atoms. The maximum absolute atomic E-state index is 10.5. The molecule has 3 nitrogen and oxygen atoms in total. The predicted octanol–water partition coefficient (Wildman–Crippen LogP) is 1.44. The van der Waals surface area contributed by atoms with Crippen LogP contribution in [0.3, 0.4) is 0 Å². The van der Waals surface area contributed by atoms with Crippen molar-refractivity contribution in [2.24, 2.45) is 0 Å². The molecule has 0 heterocycles. The van der Waals surface area contributed by atoms with Gasteiger partial charge in [0.1, 0.15) is 5.40 Å². The quantitative estimate of drug-likeness (QED) is 0.210. The average molecular weight is 169 g/mol. The van der Waals surface area contributed by atoms with Crippen LogP contribution in [0.1, 0.15) is 0 Å². The first-order valence-electron chi connectivity index (χ1n) is 2.75. The molecule has 0 spiro atoms. The van der Waals surface area contributed by atoms with Crippen LogP contribution in [0.15, 0.2) is 25.3 Å². The Morgan fingerprint density at radius 1 is 1.73 bits per heavy atom. The van der Waals surface area contributed by atoms with Gasteiger partial charge in [0, 0.05) is 17.8 Å². The first-order chi connectivity index (χ1) is 5.24. The zero-order valence-electron chi connectivity index (χ0n) is 5.82. The summed E-state index contributed by atoms with van der Waals surface area (Å²) in [6.07, 6.45) is 2.41. The van der Waals surface area contributed by atoms with E-state index in [1.807, 2.05) is 0 Å². The summed E-state index contributed by atoms with van der Waals surface area (Å²) in [5.74, 6) is -0.558. The summed E-state index contributed by atoms with van der Waals surface area (Å²) in [6.45, 7) is 6.59. The second kappa shape index (κ2) is 5.57. The Balaban J connectivity index is 3.88. The van der Waals surface area contributed by atoms with Crippen molar-refractivity contribution in [3.8, 4) is 5.40 Å². The lowest BCUT2D eigenvalue weighted by Gasteiger charge is -2.06. The van der Waals surface area contributed by atoms with Crippen LogP contribution in [0, 0.1) is 10.7 Å². The van der Waals surface area contributed by atoms with Crippen molar-refractivity contribution >= 4 is 17.7 Å². The van der Waals surface area contributed by atoms with Gasteiger partial charge < -0.3 is 4.74 Å². The topological polar surface area (TPSA) is 50.1 Å². The van der Waals surface area contributed by atoms with Crippen LogP contribution < -0.4 is 0 Å². The summed E-state index contributed by atoms with van der Waals surface area (Å²) in [5, 5.41) is 9.98. The van der Waals surface area contributed by atoms with Gasteiger partial charge in [-0.25, -0.2) is 4.79 Å². The minimum Gasteiger partial charge on any atom is -0.443 e. The molecule has 11 heavy (non-hydrogen) atoms. The molecule has 0 saturated carbocycles. The van der Waals surface area contributed by atoms with Crippen molar-refractivity contribution in [2.75, 3.05) is 0 Å². The summed E-state index contributed by atoms with van der Waals surface area (Å²) in [7, 11) is 0. The van der Waals surface area contributed by atoms with Gasteiger partial charge in [0.2, 0.25) is 0 Å². The highest BCUT2D eigenvalue weighted by molar-refractivity contribution is 8.04. The highest BCUT2D eigenvalue weighted by Crippen LogP contribution is 2.11. The normalized spacial score (nSPS) is 10.8. The lowest BCUT2D eigenvalue weighted by Crippen LogP contribution is -2.09. The maximum atomic E-state index is 10.5. The molecule has 0 aliphatic carbocycles. The van der Waals surface area contributed by atoms with E-state index in [0.717, 1.165) is 17.8 Å². The molecule has 1 atom stereocenters. The van der Waals surface area contributed by atoms with Gasteiger partial charge in [-0.1, -0.05) is 13.2 Å². The van der Waals surface area contributed by atoms with Gasteiger partial charge >= 0.3 is 5.97 Å². The number of hydrogen-bond donors (Lipinski definition) is 0. The molecule has 0 saturated heterocycles. The molecule has 0 radical (unpaired) electrons. The lowest BCUT2D eigenvalue weighted by atomic mass is 10.6. The zero-order chi connectivity index (χ0) is 8.69. The van der Waals surface area contributed by atoms with Gasteiger partial charge in [-0.15, -0.1) is 0 Å². The SMILES string of the molecule is C=CC(=O)OC(C=C)SC#N. The summed E-state index contributed by atoms with van der Waals surface area (Å²) in [6, 6.07) is 0. The molecular formula is C7H7NO2S. The number of nitrogens with zero attached hydrogens (tertiary/aromatic N) is 1. The van der Waals surface area contributed by atoms with Gasteiger partial charge in [-0.05, 0) is 6.08 Å². The van der Waals surface area contributed by atoms with E-state index >= 15 is 0 Å². The predicted molar refractivity (Wildman–Crippen MR) is 43.5 cm³/mol. The van der Waals surface area contributed by atoms with Gasteiger partial charge in [-0.2, -0.15) is 5.26 Å². The highest BCUT2D eigenvalue weighted by atomic mass is 32.2. The molecule has 0 aliphatic heterocycles. The highest BCUT2D eigenvalue weighted by Gasteiger charge is 2.07. The smallest absolute Gasteiger partial charge is 0.331 e. The number of esters is 1. The fourth-order valence-corrected chi connectivity index (χ4v) is 0.678. The van der Waals surface area contributed by atoms with E-state index in [9.17, 15) is 4.79 Å². The van der Waals surface area contributed by atoms with Gasteiger partial charge in [0.05, 0.1) is 0 Å². The molecule has 0 aliphatic rings. The standard InChI is InChI=1S/C7H7NO2S/c1-3-6(9)10-7(4-2)11-5-8/h3-4,7H,1-2H2. The van der Waals surface area contributed by atoms with E-state index < -0.39 is 11.4 Å². The third kappa shape index (κ3) is 4.23. The first kappa shape index (κ1) is 9.79. The third-order valence-electron chi connectivity index (χ3n) is 0.760. The van der Waals surface area contributed by atoms with Gasteiger partial charge in [-0.3, -0.25) is 0 Å². The van der Waals surface area contributed by atoms with Crippen LogP contribution in [-0.2, 0) is 9.53 Å². The van der Waals surface area contributed by atoms with E-state index in [-0.39, 0.29) is 0 Å². The molecule has 1 unspecified atom stereocenters. The Labute approximate surface area is 69.3 Å². The lowest BCUT2D eigenvalue weighted by molar-refractivity contribution is -0.137. The summed E-state index contributed by atoms with van der Waals surface area (Å²) in [4.78, 5) is 10.5. The molecule has 0 amide bonds. The second-order valence-electron chi connectivity index (χ2n) is 1.45. The number of nitriles is 1. The average Bonchev–Trinajstić information content (AvgIpc) is 2.03. The summed E-state index contributed by atoms with van der Waals surface area (Å²) in [5.41, 5.74) is -0.606. The first-order valence-corrected chi connectivity index (χ1v) is 3.63. The summed E-state index contributed by atoms with van der Waals surface area (Å²) < 4.78 is 4.65. The van der Waals surface area contributed by atoms with Crippen molar-refractivity contribution in [1.29, 1.82) is 5.26 Å². The number of hydrogen-bond acceptors (Lipinski definition) is 4. The van der Waals surface area contributed by atoms with Crippen LogP contribution in [-0.4, -0.2) is 11.4 Å². The van der Waals surface area contributed by atoms with Crippen LogP contribution in [0.4, 0.5) is 0 Å². The van der Waals surface area contributed by atoms with Crippen LogP contribution in [0.25, 0.3) is 0 Å². The van der Waals surface area contributed by atoms with E-state index in [1.165, 1.54) is 6.08 Å². The Kier molecular flexibility index (Phi) is 4.95. The zero-order valence-corrected chi connectivity index (χ0v) is 6.63. The number of thioether (sulfide) groups is 1. The Hall–Kier alpha value is -1.21. The Morgan fingerprint density at radius 3 is 2.73 bits per heavy atom. The molecule has 0 rings (SSSR count). The summed E-state index contributed by atoms with van der Waals surface area (Å²) >= 11 is 0.817. The van der Waals surface area contributed by atoms with Crippen molar-refractivity contribution < 1.29 is 9.53 Å². The minimum atomic E-state index is -0.606. The minimum absolute atomic E-state index is 0.558. The van der Waals surface area contributed by atoms with E-state index in [0.29, 0.717) is 0 Å². The number of thiocyanates is 1.